The van der Waals surface area contributed by atoms with Gasteiger partial charge in [0, 0.05) is 74.0 Å². The fourth-order valence-electron chi connectivity index (χ4n) is 7.46. The van der Waals surface area contributed by atoms with Gasteiger partial charge in [-0.25, -0.2) is 0 Å². The lowest BCUT2D eigenvalue weighted by Gasteiger charge is -2.29. The fourth-order valence-corrected chi connectivity index (χ4v) is 7.46. The highest BCUT2D eigenvalue weighted by atomic mass is 16.3. The van der Waals surface area contributed by atoms with E-state index in [-0.39, 0.29) is 29.5 Å². The molecule has 3 N–H and O–H groups in total. The molecule has 0 atom stereocenters. The second-order valence-electron chi connectivity index (χ2n) is 14.6. The molecule has 1 heterocycles. The van der Waals surface area contributed by atoms with Gasteiger partial charge in [0.2, 0.25) is 0 Å². The van der Waals surface area contributed by atoms with Gasteiger partial charge in [-0.15, -0.1) is 0 Å². The van der Waals surface area contributed by atoms with Crippen molar-refractivity contribution in [2.24, 2.45) is 0 Å². The number of benzene rings is 3. The van der Waals surface area contributed by atoms with Gasteiger partial charge in [0.15, 0.2) is 0 Å². The summed E-state index contributed by atoms with van der Waals surface area (Å²) in [5, 5.41) is 22.7. The monoisotopic (exact) mass is 607 g/mol. The van der Waals surface area contributed by atoms with Crippen LogP contribution in [0.4, 0.5) is 17.1 Å². The van der Waals surface area contributed by atoms with Crippen LogP contribution in [0, 0.1) is 0 Å². The number of rotatable bonds is 12. The average Bonchev–Trinajstić information content (AvgIpc) is 3.37. The van der Waals surface area contributed by atoms with Crippen molar-refractivity contribution < 1.29 is 10.2 Å². The number of aliphatic hydroxyl groups excluding tert-OH is 2. The summed E-state index contributed by atoms with van der Waals surface area (Å²) in [6.45, 7) is 15.9. The number of hydrogen-bond acceptors (Lipinski definition) is 5. The maximum absolute atomic E-state index is 9.82. The Morgan fingerprint density at radius 3 is 2.33 bits per heavy atom. The zero-order valence-corrected chi connectivity index (χ0v) is 28.7. The first-order valence-corrected chi connectivity index (χ1v) is 16.6. The molecule has 0 saturated heterocycles. The number of aliphatic hydroxyl groups is 2. The molecule has 0 amide bonds. The van der Waals surface area contributed by atoms with Crippen molar-refractivity contribution in [3.05, 3.63) is 101 Å². The first-order valence-electron chi connectivity index (χ1n) is 16.6. The third kappa shape index (κ3) is 5.93. The molecule has 3 aromatic rings. The molecule has 0 saturated carbocycles. The van der Waals surface area contributed by atoms with Gasteiger partial charge in [-0.3, -0.25) is 0 Å². The van der Waals surface area contributed by atoms with E-state index in [1.165, 1.54) is 50.5 Å². The largest absolute Gasteiger partial charge is 0.396 e. The molecule has 1 aliphatic carbocycles. The second kappa shape index (κ2) is 12.7. The Balaban J connectivity index is 1.50. The third-order valence-corrected chi connectivity index (χ3v) is 10.0. The molecular formula is C40H53N3O2. The van der Waals surface area contributed by atoms with Crippen molar-refractivity contribution in [1.82, 2.24) is 0 Å². The van der Waals surface area contributed by atoms with Crippen LogP contribution < -0.4 is 15.1 Å². The van der Waals surface area contributed by atoms with Crippen LogP contribution in [0.1, 0.15) is 83.1 Å². The molecule has 5 nitrogen and oxygen atoms in total. The zero-order valence-electron chi connectivity index (χ0n) is 28.7. The molecule has 0 spiro atoms. The van der Waals surface area contributed by atoms with E-state index >= 15 is 0 Å². The van der Waals surface area contributed by atoms with E-state index in [0.29, 0.717) is 0 Å². The molecule has 0 fully saturated rings. The highest BCUT2D eigenvalue weighted by Crippen LogP contribution is 2.58. The molecule has 0 unspecified atom stereocenters. The van der Waals surface area contributed by atoms with Crippen molar-refractivity contribution in [3.8, 4) is 11.1 Å². The molecule has 0 radical (unpaired) electrons. The quantitative estimate of drug-likeness (QED) is 0.182. The summed E-state index contributed by atoms with van der Waals surface area (Å²) in [5.74, 6) is 0. The standard InChI is InChI=1S/C40H53N3O2/c1-38(2,32-27-28(42(7)8)18-20-33(32)41-23-13-25-44)22-12-11-17-35-40(5,6)37-34(43(35)24-14-26-45)21-19-31-36(37)29-15-9-10-16-30(29)39(31,3)4/h9-12,15-21,27,41,44-45H,13-14,22-26H2,1-8H3/b12-11+,35-17+. The van der Waals surface area contributed by atoms with Crippen LogP contribution in [-0.4, -0.2) is 50.6 Å². The summed E-state index contributed by atoms with van der Waals surface area (Å²) in [4.78, 5) is 4.59. The fraction of sp³-hybridized carbons (Fsp3) is 0.450. The number of allylic oxidation sites excluding steroid dienone is 4. The van der Waals surface area contributed by atoms with E-state index in [0.717, 1.165) is 38.0 Å². The lowest BCUT2D eigenvalue weighted by molar-refractivity contribution is 0.290. The average molecular weight is 608 g/mol. The Bertz CT molecular complexity index is 1600. The second-order valence-corrected chi connectivity index (χ2v) is 14.6. The molecule has 240 valence electrons. The number of fused-ring (bicyclic) bond motifs is 5. The molecule has 3 aromatic carbocycles. The highest BCUT2D eigenvalue weighted by Gasteiger charge is 2.46. The van der Waals surface area contributed by atoms with Crippen molar-refractivity contribution >= 4 is 17.1 Å². The van der Waals surface area contributed by atoms with Crippen LogP contribution in [0.2, 0.25) is 0 Å². The third-order valence-electron chi connectivity index (χ3n) is 10.0. The molecular weight excluding hydrogens is 554 g/mol. The Kier molecular flexibility index (Phi) is 9.26. The lowest BCUT2D eigenvalue weighted by atomic mass is 9.77. The summed E-state index contributed by atoms with van der Waals surface area (Å²) in [6, 6.07) is 20.2. The van der Waals surface area contributed by atoms with E-state index < -0.39 is 0 Å². The van der Waals surface area contributed by atoms with Crippen LogP contribution >= 0.6 is 0 Å². The van der Waals surface area contributed by atoms with E-state index in [1.807, 2.05) is 0 Å². The maximum Gasteiger partial charge on any atom is 0.0457 e. The normalized spacial score (nSPS) is 17.1. The molecule has 5 heteroatoms. The molecule has 1 aliphatic heterocycles. The van der Waals surface area contributed by atoms with Crippen LogP contribution in [0.3, 0.4) is 0 Å². The van der Waals surface area contributed by atoms with E-state index in [1.54, 1.807) is 0 Å². The van der Waals surface area contributed by atoms with Gasteiger partial charge in [-0.2, -0.15) is 0 Å². The van der Waals surface area contributed by atoms with E-state index in [2.05, 4.69) is 144 Å². The molecule has 0 aromatic heterocycles. The minimum atomic E-state index is -0.201. The van der Waals surface area contributed by atoms with E-state index in [9.17, 15) is 10.2 Å². The van der Waals surface area contributed by atoms with Crippen molar-refractivity contribution in [3.63, 3.8) is 0 Å². The van der Waals surface area contributed by atoms with E-state index in [4.69, 9.17) is 0 Å². The van der Waals surface area contributed by atoms with Crippen LogP contribution in [0.25, 0.3) is 11.1 Å². The van der Waals surface area contributed by atoms with Crippen molar-refractivity contribution in [1.29, 1.82) is 0 Å². The Morgan fingerprint density at radius 1 is 0.889 bits per heavy atom. The van der Waals surface area contributed by atoms with Crippen LogP contribution in [0.15, 0.2) is 78.5 Å². The first-order chi connectivity index (χ1) is 21.4. The number of nitrogens with zero attached hydrogens (tertiary/aromatic N) is 2. The number of nitrogens with one attached hydrogen (secondary N) is 1. The zero-order chi connectivity index (χ0) is 32.6. The highest BCUT2D eigenvalue weighted by molar-refractivity contribution is 5.91. The lowest BCUT2D eigenvalue weighted by Crippen LogP contribution is -2.27. The van der Waals surface area contributed by atoms with Gasteiger partial charge in [0.25, 0.3) is 0 Å². The summed E-state index contributed by atoms with van der Waals surface area (Å²) in [6.07, 6.45) is 9.17. The minimum Gasteiger partial charge on any atom is -0.396 e. The Labute approximate surface area is 271 Å². The van der Waals surface area contributed by atoms with Crippen LogP contribution in [0.5, 0.6) is 0 Å². The van der Waals surface area contributed by atoms with Gasteiger partial charge in [-0.1, -0.05) is 84.0 Å². The molecule has 5 rings (SSSR count). The van der Waals surface area contributed by atoms with Gasteiger partial charge in [-0.05, 0) is 88.4 Å². The van der Waals surface area contributed by atoms with Crippen molar-refractivity contribution in [2.45, 2.75) is 77.0 Å². The summed E-state index contributed by atoms with van der Waals surface area (Å²) < 4.78 is 0. The molecule has 2 aliphatic rings. The van der Waals surface area contributed by atoms with Crippen LogP contribution in [-0.2, 0) is 16.2 Å². The maximum atomic E-state index is 9.82. The predicted molar refractivity (Wildman–Crippen MR) is 192 cm³/mol. The summed E-state index contributed by atoms with van der Waals surface area (Å²) in [5.41, 5.74) is 12.7. The van der Waals surface area contributed by atoms with Crippen molar-refractivity contribution in [2.75, 3.05) is 55.5 Å². The predicted octanol–water partition coefficient (Wildman–Crippen LogP) is 8.14. The Hall–Kier alpha value is -3.54. The smallest absolute Gasteiger partial charge is 0.0457 e. The molecule has 0 bridgehead atoms. The number of anilines is 3. The SMILES string of the molecule is CN(C)c1ccc(NCCCO)c(C(C)(C)C/C=C/C=C2/N(CCCO)c3ccc4c(c3C2(C)C)-c2ccccc2C4(C)C)c1. The minimum absolute atomic E-state index is 0.0411. The van der Waals surface area contributed by atoms with Gasteiger partial charge < -0.3 is 25.3 Å². The Morgan fingerprint density at radius 2 is 1.62 bits per heavy atom. The molecule has 45 heavy (non-hydrogen) atoms. The van der Waals surface area contributed by atoms with Gasteiger partial charge in [0.05, 0.1) is 0 Å². The van der Waals surface area contributed by atoms with Gasteiger partial charge >= 0.3 is 0 Å². The number of hydrogen-bond donors (Lipinski definition) is 3. The first kappa shape index (κ1) is 32.8. The van der Waals surface area contributed by atoms with Gasteiger partial charge in [0.1, 0.15) is 0 Å². The summed E-state index contributed by atoms with van der Waals surface area (Å²) in [7, 11) is 4.16. The summed E-state index contributed by atoms with van der Waals surface area (Å²) >= 11 is 0. The topological polar surface area (TPSA) is 59.0 Å².